The Labute approximate surface area is 94.0 Å². The molecule has 2 N–H and O–H groups in total. The number of rotatable bonds is 3. The third-order valence-corrected chi connectivity index (χ3v) is 3.55. The number of nitrogens with zero attached hydrogens (tertiary/aromatic N) is 1. The van der Waals surface area contributed by atoms with Crippen molar-refractivity contribution in [1.29, 1.82) is 0 Å². The van der Waals surface area contributed by atoms with Gasteiger partial charge in [-0.1, -0.05) is 0 Å². The first-order valence-corrected chi connectivity index (χ1v) is 5.79. The van der Waals surface area contributed by atoms with Gasteiger partial charge in [0.05, 0.1) is 24.5 Å². The SMILES string of the molecule is O=C(O)[C@H]1C[C@H]1C(=O)N1CCCCC1CO. The van der Waals surface area contributed by atoms with Gasteiger partial charge in [-0.15, -0.1) is 0 Å². The van der Waals surface area contributed by atoms with E-state index in [1.54, 1.807) is 4.90 Å². The molecule has 1 aliphatic carbocycles. The van der Waals surface area contributed by atoms with E-state index in [1.807, 2.05) is 0 Å². The first-order valence-electron chi connectivity index (χ1n) is 5.79. The number of aliphatic hydroxyl groups excluding tert-OH is 1. The van der Waals surface area contributed by atoms with Crippen molar-refractivity contribution in [3.8, 4) is 0 Å². The molecular formula is C11H17NO4. The lowest BCUT2D eigenvalue weighted by Crippen LogP contribution is -2.46. The maximum Gasteiger partial charge on any atom is 0.307 e. The van der Waals surface area contributed by atoms with E-state index in [0.717, 1.165) is 19.3 Å². The van der Waals surface area contributed by atoms with Crippen molar-refractivity contribution in [2.45, 2.75) is 31.7 Å². The van der Waals surface area contributed by atoms with E-state index in [9.17, 15) is 14.7 Å². The molecule has 1 unspecified atom stereocenters. The molecule has 16 heavy (non-hydrogen) atoms. The van der Waals surface area contributed by atoms with Crippen LogP contribution in [0.3, 0.4) is 0 Å². The molecule has 1 saturated heterocycles. The summed E-state index contributed by atoms with van der Waals surface area (Å²) in [5, 5.41) is 18.0. The van der Waals surface area contributed by atoms with Gasteiger partial charge in [-0.25, -0.2) is 0 Å². The van der Waals surface area contributed by atoms with Crippen LogP contribution in [0.2, 0.25) is 0 Å². The predicted molar refractivity (Wildman–Crippen MR) is 55.7 cm³/mol. The Morgan fingerprint density at radius 1 is 1.25 bits per heavy atom. The maximum atomic E-state index is 12.0. The topological polar surface area (TPSA) is 77.8 Å². The van der Waals surface area contributed by atoms with Gasteiger partial charge in [0.1, 0.15) is 0 Å². The van der Waals surface area contributed by atoms with E-state index < -0.39 is 11.9 Å². The predicted octanol–water partition coefficient (Wildman–Crippen LogP) is 0.0805. The van der Waals surface area contributed by atoms with Crippen LogP contribution in [0.15, 0.2) is 0 Å². The van der Waals surface area contributed by atoms with Gasteiger partial charge >= 0.3 is 5.97 Å². The standard InChI is InChI=1S/C11H17NO4/c13-6-7-3-1-2-4-12(7)10(14)8-5-9(8)11(15)16/h7-9,13H,1-6H2,(H,15,16)/t7?,8-,9+/m1/s1. The van der Waals surface area contributed by atoms with Gasteiger partial charge in [0.2, 0.25) is 5.91 Å². The zero-order valence-corrected chi connectivity index (χ0v) is 9.13. The quantitative estimate of drug-likeness (QED) is 0.715. The summed E-state index contributed by atoms with van der Waals surface area (Å²) in [6.07, 6.45) is 3.27. The molecule has 2 fully saturated rings. The molecule has 1 heterocycles. The summed E-state index contributed by atoms with van der Waals surface area (Å²) in [7, 11) is 0. The smallest absolute Gasteiger partial charge is 0.307 e. The molecule has 2 rings (SSSR count). The van der Waals surface area contributed by atoms with E-state index >= 15 is 0 Å². The van der Waals surface area contributed by atoms with Crippen molar-refractivity contribution in [3.63, 3.8) is 0 Å². The van der Waals surface area contributed by atoms with E-state index in [4.69, 9.17) is 5.11 Å². The highest BCUT2D eigenvalue weighted by molar-refractivity contribution is 5.89. The lowest BCUT2D eigenvalue weighted by Gasteiger charge is -2.34. The van der Waals surface area contributed by atoms with Crippen molar-refractivity contribution in [2.75, 3.05) is 13.2 Å². The van der Waals surface area contributed by atoms with Crippen LogP contribution in [-0.4, -0.2) is 46.2 Å². The summed E-state index contributed by atoms with van der Waals surface area (Å²) in [5.74, 6) is -1.79. The average Bonchev–Trinajstić information content (AvgIpc) is 3.08. The highest BCUT2D eigenvalue weighted by atomic mass is 16.4. The van der Waals surface area contributed by atoms with Gasteiger partial charge < -0.3 is 15.1 Å². The van der Waals surface area contributed by atoms with Gasteiger partial charge in [0.25, 0.3) is 0 Å². The number of amides is 1. The minimum Gasteiger partial charge on any atom is -0.481 e. The number of carbonyl (C=O) groups excluding carboxylic acids is 1. The zero-order valence-electron chi connectivity index (χ0n) is 9.13. The van der Waals surface area contributed by atoms with Crippen molar-refractivity contribution in [2.24, 2.45) is 11.8 Å². The summed E-state index contributed by atoms with van der Waals surface area (Å²) < 4.78 is 0. The molecule has 3 atom stereocenters. The maximum absolute atomic E-state index is 12.0. The molecule has 1 amide bonds. The highest BCUT2D eigenvalue weighted by Gasteiger charge is 2.50. The first-order chi connectivity index (χ1) is 7.65. The van der Waals surface area contributed by atoms with Gasteiger partial charge in [0, 0.05) is 6.54 Å². The van der Waals surface area contributed by atoms with Crippen LogP contribution in [0.4, 0.5) is 0 Å². The first kappa shape index (κ1) is 11.4. The third kappa shape index (κ3) is 2.04. The zero-order chi connectivity index (χ0) is 11.7. The van der Waals surface area contributed by atoms with Crippen LogP contribution in [0.5, 0.6) is 0 Å². The number of hydrogen-bond donors (Lipinski definition) is 2. The molecule has 0 spiro atoms. The number of aliphatic hydroxyl groups is 1. The molecule has 1 aliphatic heterocycles. The molecule has 90 valence electrons. The molecule has 5 nitrogen and oxygen atoms in total. The third-order valence-electron chi connectivity index (χ3n) is 3.55. The monoisotopic (exact) mass is 227 g/mol. The van der Waals surface area contributed by atoms with Gasteiger partial charge in [-0.05, 0) is 25.7 Å². The summed E-state index contributed by atoms with van der Waals surface area (Å²) in [5.41, 5.74) is 0. The van der Waals surface area contributed by atoms with Crippen molar-refractivity contribution < 1.29 is 19.8 Å². The fourth-order valence-electron chi connectivity index (χ4n) is 2.43. The van der Waals surface area contributed by atoms with Crippen molar-refractivity contribution in [1.82, 2.24) is 4.90 Å². The van der Waals surface area contributed by atoms with Gasteiger partial charge in [-0.2, -0.15) is 0 Å². The van der Waals surface area contributed by atoms with E-state index in [0.29, 0.717) is 13.0 Å². The number of piperidine rings is 1. The summed E-state index contributed by atoms with van der Waals surface area (Å²) in [6.45, 7) is 0.642. The van der Waals surface area contributed by atoms with Crippen molar-refractivity contribution >= 4 is 11.9 Å². The lowest BCUT2D eigenvalue weighted by molar-refractivity contribution is -0.143. The Balaban J connectivity index is 1.96. The highest BCUT2D eigenvalue weighted by Crippen LogP contribution is 2.41. The minimum absolute atomic E-state index is 0.0177. The molecule has 0 aromatic carbocycles. The van der Waals surface area contributed by atoms with E-state index in [-0.39, 0.29) is 24.5 Å². The Bertz CT molecular complexity index is 304. The average molecular weight is 227 g/mol. The number of carboxylic acids is 1. The number of carboxylic acid groups (broad SMARTS) is 1. The molecule has 1 saturated carbocycles. The molecule has 0 bridgehead atoms. The number of carbonyl (C=O) groups is 2. The minimum atomic E-state index is -0.879. The fourth-order valence-corrected chi connectivity index (χ4v) is 2.43. The second kappa shape index (κ2) is 4.41. The van der Waals surface area contributed by atoms with Crippen LogP contribution < -0.4 is 0 Å². The number of aliphatic carboxylic acids is 1. The Morgan fingerprint density at radius 3 is 2.56 bits per heavy atom. The molecule has 0 radical (unpaired) electrons. The van der Waals surface area contributed by atoms with E-state index in [1.165, 1.54) is 0 Å². The fraction of sp³-hybridized carbons (Fsp3) is 0.818. The largest absolute Gasteiger partial charge is 0.481 e. The molecular weight excluding hydrogens is 210 g/mol. The Hall–Kier alpha value is -1.10. The van der Waals surface area contributed by atoms with Gasteiger partial charge in [-0.3, -0.25) is 9.59 Å². The van der Waals surface area contributed by atoms with Crippen LogP contribution in [0, 0.1) is 11.8 Å². The molecule has 5 heteroatoms. The summed E-state index contributed by atoms with van der Waals surface area (Å²) in [4.78, 5) is 24.4. The lowest BCUT2D eigenvalue weighted by atomic mass is 10.0. The summed E-state index contributed by atoms with van der Waals surface area (Å²) in [6, 6.07) is -0.101. The van der Waals surface area contributed by atoms with Crippen LogP contribution >= 0.6 is 0 Å². The molecule has 0 aromatic heterocycles. The Morgan fingerprint density at radius 2 is 2.00 bits per heavy atom. The second-order valence-corrected chi connectivity index (χ2v) is 4.65. The van der Waals surface area contributed by atoms with Crippen molar-refractivity contribution in [3.05, 3.63) is 0 Å². The number of hydrogen-bond acceptors (Lipinski definition) is 3. The van der Waals surface area contributed by atoms with Crippen LogP contribution in [-0.2, 0) is 9.59 Å². The van der Waals surface area contributed by atoms with E-state index in [2.05, 4.69) is 0 Å². The molecule has 2 aliphatic rings. The van der Waals surface area contributed by atoms with Crippen LogP contribution in [0.25, 0.3) is 0 Å². The number of likely N-dealkylation sites (tertiary alicyclic amines) is 1. The summed E-state index contributed by atoms with van der Waals surface area (Å²) >= 11 is 0. The Kier molecular flexibility index (Phi) is 3.14. The van der Waals surface area contributed by atoms with Crippen LogP contribution in [0.1, 0.15) is 25.7 Å². The normalized spacial score (nSPS) is 33.6. The second-order valence-electron chi connectivity index (χ2n) is 4.65. The van der Waals surface area contributed by atoms with Gasteiger partial charge in [0.15, 0.2) is 0 Å². The molecule has 0 aromatic rings.